The lowest BCUT2D eigenvalue weighted by Gasteiger charge is -2.23. The first-order chi connectivity index (χ1) is 12.7. The SMILES string of the molecule is O=C(NCCCc1nnc2ccccn12)[C@@H]1CC(=O)N(C2CCCC2)C1. The Morgan fingerprint density at radius 2 is 2.08 bits per heavy atom. The molecule has 0 unspecified atom stereocenters. The summed E-state index contributed by atoms with van der Waals surface area (Å²) in [7, 11) is 0. The maximum Gasteiger partial charge on any atom is 0.225 e. The molecule has 0 aromatic carbocycles. The van der Waals surface area contributed by atoms with Gasteiger partial charge in [-0.25, -0.2) is 0 Å². The lowest BCUT2D eigenvalue weighted by atomic mass is 10.1. The Kier molecular flexibility index (Phi) is 4.86. The summed E-state index contributed by atoms with van der Waals surface area (Å²) in [6.07, 6.45) is 8.43. The molecule has 1 saturated heterocycles. The van der Waals surface area contributed by atoms with Crippen LogP contribution in [0.2, 0.25) is 0 Å². The molecule has 2 aliphatic rings. The van der Waals surface area contributed by atoms with Gasteiger partial charge >= 0.3 is 0 Å². The molecule has 7 heteroatoms. The second-order valence-corrected chi connectivity index (χ2v) is 7.33. The number of fused-ring (bicyclic) bond motifs is 1. The molecule has 1 N–H and O–H groups in total. The van der Waals surface area contributed by atoms with Crippen LogP contribution in [0, 0.1) is 5.92 Å². The van der Waals surface area contributed by atoms with Crippen LogP contribution in [-0.2, 0) is 16.0 Å². The number of carbonyl (C=O) groups is 2. The minimum atomic E-state index is -0.197. The third kappa shape index (κ3) is 3.43. The van der Waals surface area contributed by atoms with Crippen LogP contribution in [0.5, 0.6) is 0 Å². The van der Waals surface area contributed by atoms with Crippen LogP contribution in [0.1, 0.15) is 44.3 Å². The molecule has 4 rings (SSSR count). The Labute approximate surface area is 152 Å². The average molecular weight is 355 g/mol. The molecule has 2 fully saturated rings. The van der Waals surface area contributed by atoms with E-state index in [1.807, 2.05) is 33.7 Å². The third-order valence-electron chi connectivity index (χ3n) is 5.56. The van der Waals surface area contributed by atoms with Gasteiger partial charge in [0.25, 0.3) is 0 Å². The molecule has 1 aliphatic carbocycles. The minimum Gasteiger partial charge on any atom is -0.356 e. The highest BCUT2D eigenvalue weighted by molar-refractivity contribution is 5.89. The topological polar surface area (TPSA) is 79.6 Å². The van der Waals surface area contributed by atoms with Gasteiger partial charge < -0.3 is 10.2 Å². The van der Waals surface area contributed by atoms with E-state index in [2.05, 4.69) is 15.5 Å². The quantitative estimate of drug-likeness (QED) is 0.798. The lowest BCUT2D eigenvalue weighted by molar-refractivity contribution is -0.130. The van der Waals surface area contributed by atoms with Crippen molar-refractivity contribution in [3.63, 3.8) is 0 Å². The molecule has 0 radical (unpaired) electrons. The molecule has 1 saturated carbocycles. The van der Waals surface area contributed by atoms with Gasteiger partial charge in [0.15, 0.2) is 5.65 Å². The van der Waals surface area contributed by atoms with E-state index in [-0.39, 0.29) is 17.7 Å². The van der Waals surface area contributed by atoms with Gasteiger partial charge in [-0.05, 0) is 31.4 Å². The van der Waals surface area contributed by atoms with Gasteiger partial charge in [0.05, 0.1) is 5.92 Å². The number of likely N-dealkylation sites (tertiary alicyclic amines) is 1. The van der Waals surface area contributed by atoms with Crippen molar-refractivity contribution >= 4 is 17.5 Å². The molecule has 0 spiro atoms. The zero-order valence-electron chi connectivity index (χ0n) is 14.9. The smallest absolute Gasteiger partial charge is 0.225 e. The number of carbonyl (C=O) groups excluding carboxylic acids is 2. The highest BCUT2D eigenvalue weighted by atomic mass is 16.2. The van der Waals surface area contributed by atoms with Crippen molar-refractivity contribution in [2.45, 2.75) is 51.0 Å². The van der Waals surface area contributed by atoms with Crippen molar-refractivity contribution in [2.24, 2.45) is 5.92 Å². The van der Waals surface area contributed by atoms with Crippen LogP contribution >= 0.6 is 0 Å². The molecule has 1 aliphatic heterocycles. The largest absolute Gasteiger partial charge is 0.356 e. The summed E-state index contributed by atoms with van der Waals surface area (Å²) in [5.41, 5.74) is 0.836. The van der Waals surface area contributed by atoms with Crippen LogP contribution in [0.4, 0.5) is 0 Å². The van der Waals surface area contributed by atoms with Gasteiger partial charge in [-0.2, -0.15) is 0 Å². The van der Waals surface area contributed by atoms with E-state index in [9.17, 15) is 9.59 Å². The average Bonchev–Trinajstić information content (AvgIpc) is 3.38. The normalized spacial score (nSPS) is 21.0. The fraction of sp³-hybridized carbons (Fsp3) is 0.579. The van der Waals surface area contributed by atoms with Crippen molar-refractivity contribution in [3.8, 4) is 0 Å². The molecule has 138 valence electrons. The van der Waals surface area contributed by atoms with E-state index < -0.39 is 0 Å². The second kappa shape index (κ2) is 7.43. The number of amides is 2. The number of hydrogen-bond acceptors (Lipinski definition) is 4. The second-order valence-electron chi connectivity index (χ2n) is 7.33. The highest BCUT2D eigenvalue weighted by Crippen LogP contribution is 2.29. The van der Waals surface area contributed by atoms with E-state index in [0.29, 0.717) is 25.6 Å². The Morgan fingerprint density at radius 1 is 1.23 bits per heavy atom. The van der Waals surface area contributed by atoms with Gasteiger partial charge in [-0.15, -0.1) is 10.2 Å². The maximum absolute atomic E-state index is 12.4. The molecule has 3 heterocycles. The van der Waals surface area contributed by atoms with Crippen molar-refractivity contribution in [1.82, 2.24) is 24.8 Å². The summed E-state index contributed by atoms with van der Waals surface area (Å²) < 4.78 is 1.97. The lowest BCUT2D eigenvalue weighted by Crippen LogP contribution is -2.37. The Bertz CT molecular complexity index is 796. The van der Waals surface area contributed by atoms with Crippen molar-refractivity contribution in [3.05, 3.63) is 30.2 Å². The Hall–Kier alpha value is -2.44. The number of nitrogens with one attached hydrogen (secondary N) is 1. The Balaban J connectivity index is 1.23. The van der Waals surface area contributed by atoms with Gasteiger partial charge in [0.2, 0.25) is 11.8 Å². The summed E-state index contributed by atoms with van der Waals surface area (Å²) in [5, 5.41) is 11.3. The summed E-state index contributed by atoms with van der Waals surface area (Å²) in [6, 6.07) is 6.17. The molecule has 7 nitrogen and oxygen atoms in total. The molecule has 2 amide bonds. The van der Waals surface area contributed by atoms with Gasteiger partial charge in [0.1, 0.15) is 5.82 Å². The number of hydrogen-bond donors (Lipinski definition) is 1. The van der Waals surface area contributed by atoms with Crippen LogP contribution in [0.15, 0.2) is 24.4 Å². The van der Waals surface area contributed by atoms with E-state index in [1.54, 1.807) is 0 Å². The van der Waals surface area contributed by atoms with Crippen molar-refractivity contribution < 1.29 is 9.59 Å². The van der Waals surface area contributed by atoms with Gasteiger partial charge in [0, 0.05) is 38.2 Å². The Morgan fingerprint density at radius 3 is 2.92 bits per heavy atom. The summed E-state index contributed by atoms with van der Waals surface area (Å²) in [6.45, 7) is 1.18. The molecule has 1 atom stereocenters. The molecule has 2 aromatic heterocycles. The van der Waals surface area contributed by atoms with E-state index in [4.69, 9.17) is 0 Å². The summed E-state index contributed by atoms with van der Waals surface area (Å²) >= 11 is 0. The standard InChI is InChI=1S/C19H25N5O2/c25-18-12-14(13-24(18)15-6-1-2-7-15)19(26)20-10-5-9-17-22-21-16-8-3-4-11-23(16)17/h3-4,8,11,14-15H,1-2,5-7,9-10,12-13H2,(H,20,26)/t14-/m1/s1. The van der Waals surface area contributed by atoms with Crippen LogP contribution < -0.4 is 5.32 Å². The highest BCUT2D eigenvalue weighted by Gasteiger charge is 2.38. The van der Waals surface area contributed by atoms with E-state index in [0.717, 1.165) is 37.2 Å². The number of rotatable bonds is 6. The van der Waals surface area contributed by atoms with Crippen molar-refractivity contribution in [2.75, 3.05) is 13.1 Å². The predicted molar refractivity (Wildman–Crippen MR) is 96.4 cm³/mol. The zero-order valence-corrected chi connectivity index (χ0v) is 14.9. The summed E-state index contributed by atoms with van der Waals surface area (Å²) in [4.78, 5) is 26.6. The molecular formula is C19H25N5O2. The fourth-order valence-corrected chi connectivity index (χ4v) is 4.14. The summed E-state index contributed by atoms with van der Waals surface area (Å²) in [5.74, 6) is 0.854. The first-order valence-corrected chi connectivity index (χ1v) is 9.58. The fourth-order valence-electron chi connectivity index (χ4n) is 4.14. The maximum atomic E-state index is 12.4. The number of aryl methyl sites for hydroxylation is 1. The van der Waals surface area contributed by atoms with Crippen molar-refractivity contribution in [1.29, 1.82) is 0 Å². The predicted octanol–water partition coefficient (Wildman–Crippen LogP) is 1.57. The number of pyridine rings is 1. The first-order valence-electron chi connectivity index (χ1n) is 9.58. The minimum absolute atomic E-state index is 0.00458. The number of nitrogens with zero attached hydrogens (tertiary/aromatic N) is 4. The molecular weight excluding hydrogens is 330 g/mol. The zero-order chi connectivity index (χ0) is 17.9. The monoisotopic (exact) mass is 355 g/mol. The molecule has 0 bridgehead atoms. The van der Waals surface area contributed by atoms with E-state index >= 15 is 0 Å². The first kappa shape index (κ1) is 17.0. The van der Waals surface area contributed by atoms with Crippen LogP contribution in [0.3, 0.4) is 0 Å². The number of aromatic nitrogens is 3. The molecule has 2 aromatic rings. The van der Waals surface area contributed by atoms with Crippen LogP contribution in [0.25, 0.3) is 5.65 Å². The third-order valence-corrected chi connectivity index (χ3v) is 5.56. The van der Waals surface area contributed by atoms with Gasteiger partial charge in [-0.1, -0.05) is 18.9 Å². The van der Waals surface area contributed by atoms with E-state index in [1.165, 1.54) is 12.8 Å². The van der Waals surface area contributed by atoms with Gasteiger partial charge in [-0.3, -0.25) is 14.0 Å². The molecule has 26 heavy (non-hydrogen) atoms. The van der Waals surface area contributed by atoms with Crippen LogP contribution in [-0.4, -0.2) is 50.4 Å².